The van der Waals surface area contributed by atoms with Crippen LogP contribution in [0.3, 0.4) is 0 Å². The highest BCUT2D eigenvalue weighted by atomic mass is 16.5. The molecule has 1 N–H and O–H groups in total. The van der Waals surface area contributed by atoms with Crippen LogP contribution in [0.5, 0.6) is 5.75 Å². The van der Waals surface area contributed by atoms with E-state index in [2.05, 4.69) is 26.0 Å². The second kappa shape index (κ2) is 10.6. The van der Waals surface area contributed by atoms with Crippen molar-refractivity contribution in [1.29, 1.82) is 0 Å². The van der Waals surface area contributed by atoms with Crippen LogP contribution in [0.25, 0.3) is 21.9 Å². The fourth-order valence-electron chi connectivity index (χ4n) is 4.39. The summed E-state index contributed by atoms with van der Waals surface area (Å²) < 4.78 is 18.1. The minimum Gasteiger partial charge on any atom is -0.493 e. The van der Waals surface area contributed by atoms with Crippen LogP contribution in [0, 0.1) is 0 Å². The Hall–Kier alpha value is -3.21. The Bertz CT molecular complexity index is 1230. The number of carboxylic acid groups (broad SMARTS) is 1. The van der Waals surface area contributed by atoms with E-state index in [1.165, 1.54) is 30.2 Å². The number of furan rings is 2. The molecule has 0 unspecified atom stereocenters. The van der Waals surface area contributed by atoms with E-state index < -0.39 is 5.97 Å². The third-order valence-corrected chi connectivity index (χ3v) is 6.03. The first kappa shape index (κ1) is 23.0. The average Bonchev–Trinajstić information content (AvgIpc) is 3.38. The van der Waals surface area contributed by atoms with E-state index in [1.807, 2.05) is 24.5 Å². The number of carbonyl (C=O) groups is 1. The predicted octanol–water partition coefficient (Wildman–Crippen LogP) is 7.11. The molecule has 0 aliphatic heterocycles. The molecule has 0 aliphatic rings. The summed E-state index contributed by atoms with van der Waals surface area (Å²) in [7, 11) is 0. The average molecular weight is 449 g/mol. The summed E-state index contributed by atoms with van der Waals surface area (Å²) in [5.74, 6) is 0.862. The molecule has 0 radical (unpaired) electrons. The molecule has 0 saturated carbocycles. The molecule has 5 heteroatoms. The van der Waals surface area contributed by atoms with Gasteiger partial charge >= 0.3 is 5.97 Å². The summed E-state index contributed by atoms with van der Waals surface area (Å²) in [6.07, 6.45) is 9.16. The number of unbranched alkanes of at least 4 members (excludes halogenated alkanes) is 2. The molecule has 0 fully saturated rings. The molecule has 174 valence electrons. The van der Waals surface area contributed by atoms with E-state index in [-0.39, 0.29) is 6.42 Å². The Morgan fingerprint density at radius 3 is 2.67 bits per heavy atom. The molecule has 33 heavy (non-hydrogen) atoms. The number of ether oxygens (including phenoxy) is 1. The number of hydrogen-bond donors (Lipinski definition) is 1. The minimum atomic E-state index is -0.837. The largest absolute Gasteiger partial charge is 0.493 e. The molecular weight excluding hydrogens is 416 g/mol. The quantitative estimate of drug-likeness (QED) is 0.234. The molecule has 2 heterocycles. The molecular formula is C28H32O5. The molecule has 0 atom stereocenters. The van der Waals surface area contributed by atoms with Gasteiger partial charge in [-0.15, -0.1) is 0 Å². The Kier molecular flexibility index (Phi) is 7.38. The van der Waals surface area contributed by atoms with Crippen molar-refractivity contribution in [2.75, 3.05) is 6.61 Å². The van der Waals surface area contributed by atoms with Gasteiger partial charge in [0.1, 0.15) is 22.7 Å². The molecule has 0 spiro atoms. The molecule has 0 aliphatic carbocycles. The Labute approximate surface area is 194 Å². The monoisotopic (exact) mass is 448 g/mol. The number of carboxylic acids is 1. The van der Waals surface area contributed by atoms with Gasteiger partial charge in [0.15, 0.2) is 0 Å². The van der Waals surface area contributed by atoms with Gasteiger partial charge in [0.25, 0.3) is 0 Å². The van der Waals surface area contributed by atoms with Crippen LogP contribution >= 0.6 is 0 Å². The zero-order valence-corrected chi connectivity index (χ0v) is 19.5. The Balaban J connectivity index is 1.46. The molecule has 0 bridgehead atoms. The van der Waals surface area contributed by atoms with Crippen LogP contribution in [0.15, 0.2) is 51.5 Å². The first-order valence-corrected chi connectivity index (χ1v) is 12.0. The van der Waals surface area contributed by atoms with E-state index >= 15 is 0 Å². The molecule has 4 rings (SSSR count). The van der Waals surface area contributed by atoms with Crippen molar-refractivity contribution < 1.29 is 23.5 Å². The van der Waals surface area contributed by atoms with Crippen molar-refractivity contribution in [3.63, 3.8) is 0 Å². The highest BCUT2D eigenvalue weighted by molar-refractivity contribution is 5.86. The molecule has 0 amide bonds. The van der Waals surface area contributed by atoms with Crippen molar-refractivity contribution in [3.05, 3.63) is 65.1 Å². The van der Waals surface area contributed by atoms with Crippen molar-refractivity contribution in [2.24, 2.45) is 0 Å². The van der Waals surface area contributed by atoms with Crippen molar-refractivity contribution in [2.45, 2.75) is 65.2 Å². The molecule has 5 nitrogen and oxygen atoms in total. The van der Waals surface area contributed by atoms with E-state index in [1.54, 1.807) is 6.07 Å². The topological polar surface area (TPSA) is 72.8 Å². The standard InChI is InChI=1S/C28H32O5/c1-3-5-6-8-20-18-32-28-23(20)10-12-26(24(28)7-4-2)31-14-13-22-17-21-15-19(16-27(29)30)9-11-25(21)33-22/h9-12,15,17-18H,3-8,13-14,16H2,1-2H3,(H,29,30). The van der Waals surface area contributed by atoms with Gasteiger partial charge in [0.2, 0.25) is 0 Å². The lowest BCUT2D eigenvalue weighted by Crippen LogP contribution is -2.03. The third-order valence-electron chi connectivity index (χ3n) is 6.03. The number of benzene rings is 2. The normalized spacial score (nSPS) is 11.5. The van der Waals surface area contributed by atoms with Crippen molar-refractivity contribution >= 4 is 27.9 Å². The number of aliphatic carboxylic acids is 1. The van der Waals surface area contributed by atoms with Gasteiger partial charge in [-0.1, -0.05) is 39.2 Å². The molecule has 0 saturated heterocycles. The minimum absolute atomic E-state index is 0.00927. The van der Waals surface area contributed by atoms with E-state index in [0.717, 1.165) is 58.5 Å². The maximum Gasteiger partial charge on any atom is 0.307 e. The van der Waals surface area contributed by atoms with Crippen LogP contribution in [0.4, 0.5) is 0 Å². The highest BCUT2D eigenvalue weighted by Gasteiger charge is 2.15. The third kappa shape index (κ3) is 5.41. The molecule has 4 aromatic rings. The van der Waals surface area contributed by atoms with Gasteiger partial charge in [-0.25, -0.2) is 0 Å². The van der Waals surface area contributed by atoms with Gasteiger partial charge in [0.05, 0.1) is 19.3 Å². The Morgan fingerprint density at radius 2 is 1.88 bits per heavy atom. The summed E-state index contributed by atoms with van der Waals surface area (Å²) in [6, 6.07) is 11.7. The van der Waals surface area contributed by atoms with E-state index in [9.17, 15) is 4.79 Å². The first-order valence-electron chi connectivity index (χ1n) is 12.0. The number of fused-ring (bicyclic) bond motifs is 2. The Morgan fingerprint density at radius 1 is 1.00 bits per heavy atom. The van der Waals surface area contributed by atoms with Crippen LogP contribution < -0.4 is 4.74 Å². The predicted molar refractivity (Wildman–Crippen MR) is 130 cm³/mol. The van der Waals surface area contributed by atoms with Gasteiger partial charge in [-0.2, -0.15) is 0 Å². The summed E-state index contributed by atoms with van der Waals surface area (Å²) in [6.45, 7) is 4.88. The van der Waals surface area contributed by atoms with Crippen molar-refractivity contribution in [1.82, 2.24) is 0 Å². The molecule has 2 aromatic heterocycles. The second-order valence-electron chi connectivity index (χ2n) is 8.64. The van der Waals surface area contributed by atoms with Gasteiger partial charge in [-0.3, -0.25) is 4.79 Å². The van der Waals surface area contributed by atoms with Crippen molar-refractivity contribution in [3.8, 4) is 5.75 Å². The zero-order valence-electron chi connectivity index (χ0n) is 19.5. The summed E-state index contributed by atoms with van der Waals surface area (Å²) >= 11 is 0. The van der Waals surface area contributed by atoms with Gasteiger partial charge in [0, 0.05) is 22.8 Å². The highest BCUT2D eigenvalue weighted by Crippen LogP contribution is 2.33. The van der Waals surface area contributed by atoms with Crippen LogP contribution in [-0.4, -0.2) is 17.7 Å². The maximum atomic E-state index is 11.0. The lowest BCUT2D eigenvalue weighted by atomic mass is 10.0. The maximum absolute atomic E-state index is 11.0. The number of aryl methyl sites for hydroxylation is 2. The van der Waals surface area contributed by atoms with Gasteiger partial charge in [-0.05, 0) is 60.7 Å². The van der Waals surface area contributed by atoms with E-state index in [0.29, 0.717) is 13.0 Å². The lowest BCUT2D eigenvalue weighted by Gasteiger charge is -2.11. The summed E-state index contributed by atoms with van der Waals surface area (Å²) in [5, 5.41) is 11.1. The van der Waals surface area contributed by atoms with Crippen LogP contribution in [-0.2, 0) is 30.5 Å². The smallest absolute Gasteiger partial charge is 0.307 e. The summed E-state index contributed by atoms with van der Waals surface area (Å²) in [5.41, 5.74) is 4.91. The molecule has 2 aromatic carbocycles. The first-order chi connectivity index (χ1) is 16.1. The second-order valence-corrected chi connectivity index (χ2v) is 8.64. The number of hydrogen-bond acceptors (Lipinski definition) is 4. The SMILES string of the molecule is CCCCCc1coc2c(CCC)c(OCCc3cc4cc(CC(=O)O)ccc4o3)ccc12. The zero-order chi connectivity index (χ0) is 23.2. The lowest BCUT2D eigenvalue weighted by molar-refractivity contribution is -0.136. The fraction of sp³-hybridized carbons (Fsp3) is 0.393. The fourth-order valence-corrected chi connectivity index (χ4v) is 4.39. The summed E-state index contributed by atoms with van der Waals surface area (Å²) in [4.78, 5) is 11.0. The van der Waals surface area contributed by atoms with E-state index in [4.69, 9.17) is 18.7 Å². The number of rotatable bonds is 12. The van der Waals surface area contributed by atoms with Gasteiger partial charge < -0.3 is 18.7 Å². The van der Waals surface area contributed by atoms with Crippen LogP contribution in [0.1, 0.15) is 62.0 Å². The van der Waals surface area contributed by atoms with Crippen LogP contribution in [0.2, 0.25) is 0 Å².